The van der Waals surface area contributed by atoms with Crippen molar-refractivity contribution in [3.8, 4) is 0 Å². The fourth-order valence-corrected chi connectivity index (χ4v) is 7.06. The molecule has 0 aromatic heterocycles. The minimum Gasteiger partial charge on any atom is -0.355 e. The van der Waals surface area contributed by atoms with Crippen molar-refractivity contribution in [2.75, 3.05) is 17.4 Å². The van der Waals surface area contributed by atoms with Crippen molar-refractivity contribution in [1.82, 2.24) is 5.32 Å². The van der Waals surface area contributed by atoms with E-state index in [0.29, 0.717) is 30.1 Å². The van der Waals surface area contributed by atoms with E-state index in [1.165, 1.54) is 28.6 Å². The van der Waals surface area contributed by atoms with E-state index in [4.69, 9.17) is 11.6 Å². The molecular weight excluding hydrogens is 576 g/mol. The minimum atomic E-state index is -3.95. The van der Waals surface area contributed by atoms with Gasteiger partial charge in [-0.25, -0.2) is 8.42 Å². The molecule has 1 fully saturated rings. The Morgan fingerprint density at radius 1 is 1.03 bits per heavy atom. The SMILES string of the molecule is Cc1cc(C)cc(N(CCC(=O)NCC2(c3ccccc3Br)CC(=O)C2)S(=O)(=O)c2ccc(Cl)cc2)c1. The van der Waals surface area contributed by atoms with Gasteiger partial charge in [-0.3, -0.25) is 13.9 Å². The highest BCUT2D eigenvalue weighted by Gasteiger charge is 2.46. The molecule has 4 rings (SSSR count). The molecule has 1 N–H and O–H groups in total. The third-order valence-corrected chi connectivity index (χ3v) is 9.36. The number of halogens is 2. The molecule has 0 spiro atoms. The summed E-state index contributed by atoms with van der Waals surface area (Å²) in [4.78, 5) is 25.0. The lowest BCUT2D eigenvalue weighted by Gasteiger charge is -2.41. The quantitative estimate of drug-likeness (QED) is 0.339. The fourth-order valence-electron chi connectivity index (χ4n) is 4.78. The summed E-state index contributed by atoms with van der Waals surface area (Å²) in [5.41, 5.74) is 2.85. The predicted molar refractivity (Wildman–Crippen MR) is 150 cm³/mol. The van der Waals surface area contributed by atoms with E-state index < -0.39 is 15.4 Å². The second-order valence-corrected chi connectivity index (χ2v) is 12.7. The van der Waals surface area contributed by atoms with E-state index in [-0.39, 0.29) is 29.6 Å². The number of Topliss-reactive ketones (excluding diaryl/α,β-unsaturated/α-hetero) is 1. The van der Waals surface area contributed by atoms with E-state index in [2.05, 4.69) is 21.2 Å². The molecule has 1 aliphatic rings. The average Bonchev–Trinajstić information content (AvgIpc) is 2.81. The van der Waals surface area contributed by atoms with Crippen molar-refractivity contribution >= 4 is 54.9 Å². The van der Waals surface area contributed by atoms with Gasteiger partial charge in [-0.2, -0.15) is 0 Å². The van der Waals surface area contributed by atoms with Crippen LogP contribution in [0.2, 0.25) is 5.02 Å². The minimum absolute atomic E-state index is 0.0410. The first-order chi connectivity index (χ1) is 17.5. The third kappa shape index (κ3) is 6.08. The lowest BCUT2D eigenvalue weighted by Crippen LogP contribution is -2.50. The number of nitrogens with zero attached hydrogens (tertiary/aromatic N) is 1. The predicted octanol–water partition coefficient (Wildman–Crippen LogP) is 5.72. The fraction of sp³-hybridized carbons (Fsp3) is 0.286. The summed E-state index contributed by atoms with van der Waals surface area (Å²) in [6, 6.07) is 19.2. The van der Waals surface area contributed by atoms with E-state index in [1.807, 2.05) is 44.2 Å². The van der Waals surface area contributed by atoms with Crippen molar-refractivity contribution in [2.45, 2.75) is 43.4 Å². The first kappa shape index (κ1) is 27.4. The highest BCUT2D eigenvalue weighted by molar-refractivity contribution is 9.10. The maximum absolute atomic E-state index is 13.6. The number of hydrogen-bond donors (Lipinski definition) is 1. The molecule has 0 bridgehead atoms. The molecule has 1 aliphatic carbocycles. The van der Waals surface area contributed by atoms with Gasteiger partial charge in [-0.05, 0) is 73.0 Å². The van der Waals surface area contributed by atoms with Crippen LogP contribution in [0.25, 0.3) is 0 Å². The van der Waals surface area contributed by atoms with Crippen LogP contribution in [0.3, 0.4) is 0 Å². The normalized spacial score (nSPS) is 14.6. The average molecular weight is 604 g/mol. The van der Waals surface area contributed by atoms with Crippen LogP contribution in [-0.2, 0) is 25.0 Å². The summed E-state index contributed by atoms with van der Waals surface area (Å²) in [6.45, 7) is 4.06. The van der Waals surface area contributed by atoms with Gasteiger partial charge >= 0.3 is 0 Å². The highest BCUT2D eigenvalue weighted by Crippen LogP contribution is 2.43. The molecule has 37 heavy (non-hydrogen) atoms. The van der Waals surface area contributed by atoms with Crippen molar-refractivity contribution in [3.63, 3.8) is 0 Å². The van der Waals surface area contributed by atoms with Crippen LogP contribution in [-0.4, -0.2) is 33.2 Å². The molecular formula is C28H28BrClN2O4S. The van der Waals surface area contributed by atoms with Gasteiger partial charge in [-0.15, -0.1) is 0 Å². The van der Waals surface area contributed by atoms with Crippen molar-refractivity contribution < 1.29 is 18.0 Å². The molecule has 0 unspecified atom stereocenters. The van der Waals surface area contributed by atoms with Crippen molar-refractivity contribution in [3.05, 3.63) is 92.9 Å². The van der Waals surface area contributed by atoms with Gasteiger partial charge in [0.1, 0.15) is 5.78 Å². The molecule has 0 aliphatic heterocycles. The summed E-state index contributed by atoms with van der Waals surface area (Å²) in [7, 11) is -3.95. The number of sulfonamides is 1. The number of amides is 1. The lowest BCUT2D eigenvalue weighted by atomic mass is 9.63. The Balaban J connectivity index is 1.53. The van der Waals surface area contributed by atoms with E-state index >= 15 is 0 Å². The summed E-state index contributed by atoms with van der Waals surface area (Å²) < 4.78 is 29.4. The standard InChI is InChI=1S/C28H28BrClN2O4S/c1-19-13-20(2)15-22(14-19)32(37(35,36)24-9-7-21(30)8-10-24)12-11-27(34)31-18-28(16-23(33)17-28)25-5-3-4-6-26(25)29/h3-10,13-15H,11-12,16-18H2,1-2H3,(H,31,34). The molecule has 0 heterocycles. The van der Waals surface area contributed by atoms with E-state index in [1.54, 1.807) is 12.1 Å². The Hall–Kier alpha value is -2.68. The summed E-state index contributed by atoms with van der Waals surface area (Å²) in [5.74, 6) is -0.133. The number of hydrogen-bond acceptors (Lipinski definition) is 4. The summed E-state index contributed by atoms with van der Waals surface area (Å²) in [6.07, 6.45) is 0.671. The first-order valence-electron chi connectivity index (χ1n) is 11.9. The summed E-state index contributed by atoms with van der Waals surface area (Å²) >= 11 is 9.53. The van der Waals surface area contributed by atoms with Gasteiger partial charge in [-0.1, -0.05) is 51.8 Å². The van der Waals surface area contributed by atoms with Gasteiger partial charge in [0, 0.05) is 47.3 Å². The Morgan fingerprint density at radius 3 is 2.24 bits per heavy atom. The third-order valence-electron chi connectivity index (χ3n) is 6.58. The maximum atomic E-state index is 13.6. The van der Waals surface area contributed by atoms with Crippen LogP contribution < -0.4 is 9.62 Å². The molecule has 3 aromatic carbocycles. The second-order valence-electron chi connectivity index (χ2n) is 9.56. The van der Waals surface area contributed by atoms with E-state index in [0.717, 1.165) is 21.2 Å². The van der Waals surface area contributed by atoms with Crippen LogP contribution in [0.1, 0.15) is 36.0 Å². The Kier molecular flexibility index (Phi) is 8.11. The first-order valence-corrected chi connectivity index (χ1v) is 14.5. The van der Waals surface area contributed by atoms with Crippen LogP contribution >= 0.6 is 27.5 Å². The van der Waals surface area contributed by atoms with Crippen molar-refractivity contribution in [1.29, 1.82) is 0 Å². The Labute approximate surface area is 231 Å². The number of aryl methyl sites for hydroxylation is 2. The largest absolute Gasteiger partial charge is 0.355 e. The number of rotatable bonds is 9. The van der Waals surface area contributed by atoms with Crippen LogP contribution in [0, 0.1) is 13.8 Å². The van der Waals surface area contributed by atoms with Gasteiger partial charge < -0.3 is 5.32 Å². The van der Waals surface area contributed by atoms with Crippen molar-refractivity contribution in [2.24, 2.45) is 0 Å². The monoisotopic (exact) mass is 602 g/mol. The van der Waals surface area contributed by atoms with Gasteiger partial charge in [0.25, 0.3) is 10.0 Å². The number of carbonyl (C=O) groups excluding carboxylic acids is 2. The molecule has 0 radical (unpaired) electrons. The highest BCUT2D eigenvalue weighted by atomic mass is 79.9. The van der Waals surface area contributed by atoms with E-state index in [9.17, 15) is 18.0 Å². The smallest absolute Gasteiger partial charge is 0.264 e. The molecule has 1 amide bonds. The Bertz CT molecular complexity index is 1410. The zero-order valence-corrected chi connectivity index (χ0v) is 23.8. The van der Waals surface area contributed by atoms with Crippen LogP contribution in [0.15, 0.2) is 76.1 Å². The maximum Gasteiger partial charge on any atom is 0.264 e. The number of carbonyl (C=O) groups is 2. The topological polar surface area (TPSA) is 83.6 Å². The second kappa shape index (κ2) is 11.0. The Morgan fingerprint density at radius 2 is 1.65 bits per heavy atom. The zero-order valence-electron chi connectivity index (χ0n) is 20.6. The molecule has 1 saturated carbocycles. The molecule has 6 nitrogen and oxygen atoms in total. The molecule has 0 atom stereocenters. The van der Waals surface area contributed by atoms with Gasteiger partial charge in [0.15, 0.2) is 0 Å². The zero-order chi connectivity index (χ0) is 26.8. The molecule has 9 heteroatoms. The molecule has 0 saturated heterocycles. The summed E-state index contributed by atoms with van der Waals surface area (Å²) in [5, 5.41) is 3.38. The van der Waals surface area contributed by atoms with Gasteiger partial charge in [0.2, 0.25) is 5.91 Å². The lowest BCUT2D eigenvalue weighted by molar-refractivity contribution is -0.130. The number of benzene rings is 3. The molecule has 194 valence electrons. The number of ketones is 1. The number of nitrogens with one attached hydrogen (secondary N) is 1. The van der Waals surface area contributed by atoms with Crippen LogP contribution in [0.4, 0.5) is 5.69 Å². The van der Waals surface area contributed by atoms with Gasteiger partial charge in [0.05, 0.1) is 10.6 Å². The number of anilines is 1. The molecule has 3 aromatic rings. The van der Waals surface area contributed by atoms with Crippen LogP contribution in [0.5, 0.6) is 0 Å².